The number of carboxylic acids is 1. The van der Waals surface area contributed by atoms with E-state index >= 15 is 0 Å². The molecule has 0 atom stereocenters. The van der Waals surface area contributed by atoms with Crippen LogP contribution in [-0.4, -0.2) is 50.7 Å². The number of carboxylic acid groups (broad SMARTS) is 1. The number of anilines is 2. The highest BCUT2D eigenvalue weighted by Gasteiger charge is 2.37. The molecule has 1 aliphatic rings. The molecule has 3 aromatic rings. The highest BCUT2D eigenvalue weighted by Crippen LogP contribution is 2.38. The van der Waals surface area contributed by atoms with Crippen LogP contribution in [0.25, 0.3) is 0 Å². The van der Waals surface area contributed by atoms with E-state index in [1.165, 1.54) is 18.0 Å². The summed E-state index contributed by atoms with van der Waals surface area (Å²) in [5.41, 5.74) is -2.87. The predicted octanol–water partition coefficient (Wildman–Crippen LogP) is 7.07. The summed E-state index contributed by atoms with van der Waals surface area (Å²) < 4.78 is 125. The van der Waals surface area contributed by atoms with Crippen molar-refractivity contribution in [3.8, 4) is 5.75 Å². The number of carbonyl (C=O) groups is 1. The second kappa shape index (κ2) is 13.9. The van der Waals surface area contributed by atoms with Crippen LogP contribution < -0.4 is 14.5 Å². The lowest BCUT2D eigenvalue weighted by Gasteiger charge is -2.34. The minimum Gasteiger partial charge on any atom is -0.481 e. The Bertz CT molecular complexity index is 1500. The summed E-state index contributed by atoms with van der Waals surface area (Å²) in [6.45, 7) is 1.62. The number of tetrazole rings is 1. The van der Waals surface area contributed by atoms with E-state index in [2.05, 4.69) is 20.1 Å². The average Bonchev–Trinajstić information content (AvgIpc) is 3.40. The van der Waals surface area contributed by atoms with Gasteiger partial charge in [-0.1, -0.05) is 5.10 Å². The van der Waals surface area contributed by atoms with Crippen LogP contribution in [0.15, 0.2) is 36.4 Å². The first kappa shape index (κ1) is 35.6. The van der Waals surface area contributed by atoms with Crippen LogP contribution in [0, 0.1) is 11.8 Å². The van der Waals surface area contributed by atoms with Gasteiger partial charge in [0.1, 0.15) is 5.75 Å². The van der Waals surface area contributed by atoms with Crippen molar-refractivity contribution in [3.63, 3.8) is 0 Å². The van der Waals surface area contributed by atoms with Gasteiger partial charge in [0, 0.05) is 31.9 Å². The van der Waals surface area contributed by atoms with Crippen molar-refractivity contribution in [1.82, 2.24) is 20.2 Å². The second-order valence-corrected chi connectivity index (χ2v) is 11.3. The third-order valence-corrected chi connectivity index (χ3v) is 7.84. The van der Waals surface area contributed by atoms with Gasteiger partial charge in [-0.25, -0.2) is 0 Å². The lowest BCUT2D eigenvalue weighted by molar-refractivity contribution is -0.274. The van der Waals surface area contributed by atoms with Crippen molar-refractivity contribution in [2.24, 2.45) is 18.9 Å². The number of aromatic nitrogens is 4. The molecule has 9 nitrogen and oxygen atoms in total. The van der Waals surface area contributed by atoms with Gasteiger partial charge < -0.3 is 19.6 Å². The lowest BCUT2D eigenvalue weighted by atomic mass is 9.81. The molecule has 1 aliphatic carbocycles. The van der Waals surface area contributed by atoms with Gasteiger partial charge in [0.05, 0.1) is 24.1 Å². The highest BCUT2D eigenvalue weighted by molar-refractivity contribution is 5.70. The van der Waals surface area contributed by atoms with Gasteiger partial charge in [0.25, 0.3) is 5.95 Å². The standard InChI is InChI=1S/C29H31F9N6O3/c1-3-43(14-17-4-6-19(7-5-17)25(45)46)24-9-8-23(47-29(36,37)38)12-20(24)16-44(26-39-41-42(2)40-26)15-18-10-21(27(30,31)32)13-22(11-18)28(33,34)35/h8-13,17,19H,3-7,14-16H2,1-2H3,(H,45,46). The first-order valence-electron chi connectivity index (χ1n) is 14.5. The molecule has 1 fully saturated rings. The molecule has 0 unspecified atom stereocenters. The van der Waals surface area contributed by atoms with Crippen molar-refractivity contribution in [2.45, 2.75) is 64.4 Å². The van der Waals surface area contributed by atoms with E-state index in [-0.39, 0.29) is 30.0 Å². The molecule has 0 spiro atoms. The number of aliphatic carboxylic acids is 1. The summed E-state index contributed by atoms with van der Waals surface area (Å²) in [5.74, 6) is -2.08. The Morgan fingerprint density at radius 2 is 1.53 bits per heavy atom. The van der Waals surface area contributed by atoms with Gasteiger partial charge in [0.15, 0.2) is 0 Å². The van der Waals surface area contributed by atoms with E-state index in [9.17, 15) is 49.4 Å². The Kier molecular flexibility index (Phi) is 10.5. The van der Waals surface area contributed by atoms with Crippen LogP contribution in [0.4, 0.5) is 51.1 Å². The molecule has 0 aliphatic heterocycles. The molecule has 0 radical (unpaired) electrons. The molecule has 258 valence electrons. The van der Waals surface area contributed by atoms with Crippen molar-refractivity contribution in [3.05, 3.63) is 58.7 Å². The van der Waals surface area contributed by atoms with Gasteiger partial charge >= 0.3 is 24.7 Å². The van der Waals surface area contributed by atoms with Crippen molar-refractivity contribution >= 4 is 17.6 Å². The number of halogens is 9. The molecule has 1 N–H and O–H groups in total. The fourth-order valence-corrected chi connectivity index (χ4v) is 5.63. The Morgan fingerprint density at radius 3 is 2.02 bits per heavy atom. The number of hydrogen-bond acceptors (Lipinski definition) is 7. The molecule has 1 heterocycles. The average molecular weight is 683 g/mol. The van der Waals surface area contributed by atoms with Crippen molar-refractivity contribution < 1.29 is 54.2 Å². The smallest absolute Gasteiger partial charge is 0.481 e. The van der Waals surface area contributed by atoms with Gasteiger partial charge in [-0.05, 0) is 91.3 Å². The molecule has 0 amide bonds. The van der Waals surface area contributed by atoms with Gasteiger partial charge in [0.2, 0.25) is 0 Å². The number of ether oxygens (including phenoxy) is 1. The van der Waals surface area contributed by atoms with Crippen molar-refractivity contribution in [2.75, 3.05) is 22.9 Å². The lowest BCUT2D eigenvalue weighted by Crippen LogP contribution is -2.34. The van der Waals surface area contributed by atoms with Gasteiger partial charge in [-0.3, -0.25) is 4.79 Å². The van der Waals surface area contributed by atoms with Gasteiger partial charge in [-0.15, -0.1) is 18.3 Å². The van der Waals surface area contributed by atoms with E-state index in [0.29, 0.717) is 56.6 Å². The van der Waals surface area contributed by atoms with Crippen LogP contribution >= 0.6 is 0 Å². The third kappa shape index (κ3) is 9.63. The second-order valence-electron chi connectivity index (χ2n) is 11.3. The molecule has 1 aromatic heterocycles. The molecule has 4 rings (SSSR count). The highest BCUT2D eigenvalue weighted by atomic mass is 19.4. The third-order valence-electron chi connectivity index (χ3n) is 7.84. The molecular formula is C29H31F9N6O3. The maximum atomic E-state index is 13.6. The zero-order chi connectivity index (χ0) is 34.7. The number of aryl methyl sites for hydroxylation is 1. The molecule has 1 saturated carbocycles. The van der Waals surface area contributed by atoms with E-state index < -0.39 is 59.6 Å². The van der Waals surface area contributed by atoms with E-state index in [1.54, 1.807) is 6.92 Å². The molecule has 0 saturated heterocycles. The molecule has 47 heavy (non-hydrogen) atoms. The monoisotopic (exact) mass is 682 g/mol. The fourth-order valence-electron chi connectivity index (χ4n) is 5.63. The summed E-state index contributed by atoms with van der Waals surface area (Å²) in [7, 11) is 1.38. The number of alkyl halides is 9. The molecule has 18 heteroatoms. The van der Waals surface area contributed by atoms with Crippen molar-refractivity contribution in [1.29, 1.82) is 0 Å². The van der Waals surface area contributed by atoms with Crippen LogP contribution in [0.2, 0.25) is 0 Å². The largest absolute Gasteiger partial charge is 0.573 e. The first-order chi connectivity index (χ1) is 21.8. The Balaban J connectivity index is 1.74. The Morgan fingerprint density at radius 1 is 0.915 bits per heavy atom. The molecule has 2 aromatic carbocycles. The van der Waals surface area contributed by atoms with Crippen LogP contribution in [0.1, 0.15) is 54.9 Å². The zero-order valence-electron chi connectivity index (χ0n) is 25.1. The van der Waals surface area contributed by atoms with Gasteiger partial charge in [-0.2, -0.15) is 31.1 Å². The summed E-state index contributed by atoms with van der Waals surface area (Å²) in [4.78, 5) is 15.5. The maximum absolute atomic E-state index is 13.6. The van der Waals surface area contributed by atoms with Crippen LogP contribution in [0.3, 0.4) is 0 Å². The summed E-state index contributed by atoms with van der Waals surface area (Å²) >= 11 is 0. The fraction of sp³-hybridized carbons (Fsp3) is 0.517. The SMILES string of the molecule is CCN(CC1CCC(C(=O)O)CC1)c1ccc(OC(F)(F)F)cc1CN(Cc1cc(C(F)(F)F)cc(C(F)(F)F)c1)c1nnn(C)n1. The minimum atomic E-state index is -5.10. The molecule has 0 bridgehead atoms. The summed E-state index contributed by atoms with van der Waals surface area (Å²) in [6.07, 6.45) is -13.1. The van der Waals surface area contributed by atoms with E-state index in [4.69, 9.17) is 0 Å². The Hall–Kier alpha value is -4.25. The molecular weight excluding hydrogens is 651 g/mol. The van der Waals surface area contributed by atoms with E-state index in [1.807, 2.05) is 4.90 Å². The Labute approximate surface area is 262 Å². The normalized spacial score (nSPS) is 17.4. The number of rotatable bonds is 11. The summed E-state index contributed by atoms with van der Waals surface area (Å²) in [5, 5.41) is 20.9. The van der Waals surface area contributed by atoms with Crippen LogP contribution in [-0.2, 0) is 37.3 Å². The number of hydrogen-bond donors (Lipinski definition) is 1. The van der Waals surface area contributed by atoms with Crippen LogP contribution in [0.5, 0.6) is 5.75 Å². The summed E-state index contributed by atoms with van der Waals surface area (Å²) in [6, 6.07) is 4.67. The number of benzene rings is 2. The zero-order valence-corrected chi connectivity index (χ0v) is 25.1. The maximum Gasteiger partial charge on any atom is 0.573 e. The first-order valence-corrected chi connectivity index (χ1v) is 14.5. The van der Waals surface area contributed by atoms with E-state index in [0.717, 1.165) is 16.9 Å². The predicted molar refractivity (Wildman–Crippen MR) is 149 cm³/mol. The topological polar surface area (TPSA) is 96.6 Å². The quantitative estimate of drug-likeness (QED) is 0.215. The number of nitrogens with zero attached hydrogens (tertiary/aromatic N) is 6. The minimum absolute atomic E-state index is 0.00643.